The van der Waals surface area contributed by atoms with Gasteiger partial charge in [-0.2, -0.15) is 0 Å². The van der Waals surface area contributed by atoms with Crippen LogP contribution in [0, 0.1) is 0 Å². The normalized spacial score (nSPS) is 10.9. The SMILES string of the molecule is N/C=C/n1ccnc1-c1ccccc1. The fraction of sp³-hybridized carbons (Fsp3) is 0. The van der Waals surface area contributed by atoms with Gasteiger partial charge in [0, 0.05) is 30.4 Å². The summed E-state index contributed by atoms with van der Waals surface area (Å²) in [4.78, 5) is 4.26. The first-order valence-corrected chi connectivity index (χ1v) is 4.38. The number of nitrogens with two attached hydrogens (primary N) is 1. The van der Waals surface area contributed by atoms with E-state index < -0.39 is 0 Å². The second kappa shape index (κ2) is 3.79. The smallest absolute Gasteiger partial charge is 0.144 e. The Kier molecular flexibility index (Phi) is 2.32. The standard InChI is InChI=1S/C11H11N3/c12-6-8-14-9-7-13-11(14)10-4-2-1-3-5-10/h1-9H,12H2/b8-6+. The molecule has 0 atom stereocenters. The largest absolute Gasteiger partial charge is 0.403 e. The molecule has 0 unspecified atom stereocenters. The van der Waals surface area contributed by atoms with Gasteiger partial charge >= 0.3 is 0 Å². The van der Waals surface area contributed by atoms with Crippen LogP contribution in [0.3, 0.4) is 0 Å². The molecule has 2 rings (SSSR count). The highest BCUT2D eigenvalue weighted by Gasteiger charge is 2.01. The molecule has 3 nitrogen and oxygen atoms in total. The highest BCUT2D eigenvalue weighted by Crippen LogP contribution is 2.16. The zero-order valence-corrected chi connectivity index (χ0v) is 7.67. The van der Waals surface area contributed by atoms with Gasteiger partial charge < -0.3 is 10.3 Å². The van der Waals surface area contributed by atoms with Crippen molar-refractivity contribution in [2.45, 2.75) is 0 Å². The monoisotopic (exact) mass is 185 g/mol. The molecule has 1 heterocycles. The third-order valence-electron chi connectivity index (χ3n) is 1.95. The van der Waals surface area contributed by atoms with E-state index in [0.29, 0.717) is 0 Å². The summed E-state index contributed by atoms with van der Waals surface area (Å²) in [6.07, 6.45) is 6.89. The van der Waals surface area contributed by atoms with Crippen LogP contribution in [0.2, 0.25) is 0 Å². The minimum Gasteiger partial charge on any atom is -0.403 e. The van der Waals surface area contributed by atoms with Crippen LogP contribution in [0.25, 0.3) is 17.6 Å². The molecular weight excluding hydrogens is 174 g/mol. The van der Waals surface area contributed by atoms with Crippen LogP contribution in [0.4, 0.5) is 0 Å². The van der Waals surface area contributed by atoms with Crippen LogP contribution >= 0.6 is 0 Å². The third kappa shape index (κ3) is 1.52. The summed E-state index contributed by atoms with van der Waals surface area (Å²) in [6, 6.07) is 9.99. The Hall–Kier alpha value is -2.03. The first-order chi connectivity index (χ1) is 6.92. The van der Waals surface area contributed by atoms with Crippen molar-refractivity contribution in [3.8, 4) is 11.4 Å². The van der Waals surface area contributed by atoms with Gasteiger partial charge in [0.15, 0.2) is 0 Å². The molecule has 0 spiro atoms. The van der Waals surface area contributed by atoms with Gasteiger partial charge in [0.2, 0.25) is 0 Å². The second-order valence-electron chi connectivity index (χ2n) is 2.87. The summed E-state index contributed by atoms with van der Waals surface area (Å²) in [5.41, 5.74) is 6.42. The Morgan fingerprint density at radius 2 is 2.00 bits per heavy atom. The number of hydrogen-bond donors (Lipinski definition) is 1. The number of nitrogens with zero attached hydrogens (tertiary/aromatic N) is 2. The van der Waals surface area contributed by atoms with Crippen molar-refractivity contribution in [3.05, 3.63) is 48.9 Å². The van der Waals surface area contributed by atoms with Gasteiger partial charge in [0.25, 0.3) is 0 Å². The lowest BCUT2D eigenvalue weighted by atomic mass is 10.2. The molecule has 0 amide bonds. The van der Waals surface area contributed by atoms with Gasteiger partial charge in [0.1, 0.15) is 5.82 Å². The number of rotatable bonds is 2. The van der Waals surface area contributed by atoms with Crippen LogP contribution in [0.15, 0.2) is 48.9 Å². The van der Waals surface area contributed by atoms with Gasteiger partial charge in [-0.05, 0) is 0 Å². The summed E-state index contributed by atoms with van der Waals surface area (Å²) in [7, 11) is 0. The van der Waals surface area contributed by atoms with Crippen LogP contribution in [-0.4, -0.2) is 9.55 Å². The molecule has 2 N–H and O–H groups in total. The van der Waals surface area contributed by atoms with Gasteiger partial charge in [-0.25, -0.2) is 4.98 Å². The maximum atomic E-state index is 5.34. The van der Waals surface area contributed by atoms with Crippen molar-refractivity contribution in [2.75, 3.05) is 0 Å². The molecule has 0 saturated heterocycles. The Balaban J connectivity index is 2.47. The molecule has 0 fully saturated rings. The molecule has 1 aromatic carbocycles. The van der Waals surface area contributed by atoms with Crippen molar-refractivity contribution in [3.63, 3.8) is 0 Å². The van der Waals surface area contributed by atoms with E-state index >= 15 is 0 Å². The quantitative estimate of drug-likeness (QED) is 0.777. The predicted molar refractivity (Wildman–Crippen MR) is 57.2 cm³/mol. The summed E-state index contributed by atoms with van der Waals surface area (Å²) in [5, 5.41) is 0. The Bertz CT molecular complexity index is 429. The summed E-state index contributed by atoms with van der Waals surface area (Å²) < 4.78 is 1.88. The number of hydrogen-bond acceptors (Lipinski definition) is 2. The van der Waals surface area contributed by atoms with E-state index in [-0.39, 0.29) is 0 Å². The van der Waals surface area contributed by atoms with E-state index in [2.05, 4.69) is 4.98 Å². The first kappa shape index (κ1) is 8.56. The molecule has 0 aliphatic carbocycles. The summed E-state index contributed by atoms with van der Waals surface area (Å²) in [5.74, 6) is 0.896. The molecule has 2 aromatic rings. The highest BCUT2D eigenvalue weighted by molar-refractivity contribution is 5.57. The maximum absolute atomic E-state index is 5.34. The van der Waals surface area contributed by atoms with Crippen molar-refractivity contribution < 1.29 is 0 Å². The molecule has 1 aromatic heterocycles. The zero-order valence-electron chi connectivity index (χ0n) is 7.67. The molecular formula is C11H11N3. The van der Waals surface area contributed by atoms with Crippen molar-refractivity contribution in [2.24, 2.45) is 5.73 Å². The molecule has 0 aliphatic rings. The number of imidazole rings is 1. The molecule has 3 heteroatoms. The summed E-state index contributed by atoms with van der Waals surface area (Å²) in [6.45, 7) is 0. The molecule has 0 bridgehead atoms. The lowest BCUT2D eigenvalue weighted by molar-refractivity contribution is 1.14. The van der Waals surface area contributed by atoms with Crippen LogP contribution in [0.5, 0.6) is 0 Å². The Morgan fingerprint density at radius 1 is 1.21 bits per heavy atom. The topological polar surface area (TPSA) is 43.8 Å². The lowest BCUT2D eigenvalue weighted by Crippen LogP contribution is -1.91. The van der Waals surface area contributed by atoms with Crippen molar-refractivity contribution >= 4 is 6.20 Å². The van der Waals surface area contributed by atoms with Crippen LogP contribution in [0.1, 0.15) is 0 Å². The molecule has 0 radical (unpaired) electrons. The molecule has 0 aliphatic heterocycles. The molecule has 0 saturated carbocycles. The molecule has 70 valence electrons. The van der Waals surface area contributed by atoms with Crippen molar-refractivity contribution in [1.82, 2.24) is 9.55 Å². The van der Waals surface area contributed by atoms with Gasteiger partial charge in [-0.1, -0.05) is 30.3 Å². The van der Waals surface area contributed by atoms with E-state index in [9.17, 15) is 0 Å². The molecule has 14 heavy (non-hydrogen) atoms. The zero-order chi connectivity index (χ0) is 9.80. The van der Waals surface area contributed by atoms with E-state index in [0.717, 1.165) is 11.4 Å². The van der Waals surface area contributed by atoms with Gasteiger partial charge in [-0.15, -0.1) is 0 Å². The number of aromatic nitrogens is 2. The van der Waals surface area contributed by atoms with E-state index in [1.165, 1.54) is 6.20 Å². The van der Waals surface area contributed by atoms with Crippen molar-refractivity contribution in [1.29, 1.82) is 0 Å². The van der Waals surface area contributed by atoms with E-state index in [1.807, 2.05) is 41.1 Å². The first-order valence-electron chi connectivity index (χ1n) is 4.38. The average Bonchev–Trinajstić information content (AvgIpc) is 2.68. The minimum absolute atomic E-state index is 0.896. The van der Waals surface area contributed by atoms with Gasteiger partial charge in [0.05, 0.1) is 0 Å². The van der Waals surface area contributed by atoms with E-state index in [4.69, 9.17) is 5.73 Å². The third-order valence-corrected chi connectivity index (χ3v) is 1.95. The highest BCUT2D eigenvalue weighted by atomic mass is 15.0. The summed E-state index contributed by atoms with van der Waals surface area (Å²) >= 11 is 0. The Labute approximate surface area is 82.5 Å². The lowest BCUT2D eigenvalue weighted by Gasteiger charge is -2.01. The Morgan fingerprint density at radius 3 is 2.71 bits per heavy atom. The van der Waals surface area contributed by atoms with Crippen LogP contribution < -0.4 is 5.73 Å². The van der Waals surface area contributed by atoms with E-state index in [1.54, 1.807) is 12.4 Å². The van der Waals surface area contributed by atoms with Gasteiger partial charge in [-0.3, -0.25) is 0 Å². The minimum atomic E-state index is 0.896. The fourth-order valence-corrected chi connectivity index (χ4v) is 1.34. The van der Waals surface area contributed by atoms with Crippen LogP contribution in [-0.2, 0) is 0 Å². The average molecular weight is 185 g/mol. The predicted octanol–water partition coefficient (Wildman–Crippen LogP) is 1.94. The fourth-order valence-electron chi connectivity index (χ4n) is 1.34. The second-order valence-corrected chi connectivity index (χ2v) is 2.87. The number of benzene rings is 1. The maximum Gasteiger partial charge on any atom is 0.144 e.